The molecule has 6 nitrogen and oxygen atoms in total. The van der Waals surface area contributed by atoms with Crippen LogP contribution in [0.5, 0.6) is 0 Å². The van der Waals surface area contributed by atoms with Crippen molar-refractivity contribution >= 4 is 23.2 Å². The largest absolute Gasteiger partial charge is 0.397 e. The van der Waals surface area contributed by atoms with Gasteiger partial charge in [-0.15, -0.1) is 0 Å². The van der Waals surface area contributed by atoms with Gasteiger partial charge in [-0.05, 0) is 25.6 Å². The van der Waals surface area contributed by atoms with E-state index in [1.807, 2.05) is 19.1 Å². The number of nitrogens with one attached hydrogen (secondary N) is 2. The number of nitrogens with two attached hydrogens (primary N) is 1. The molecule has 1 rings (SSSR count). The lowest BCUT2D eigenvalue weighted by Gasteiger charge is -2.16. The van der Waals surface area contributed by atoms with Crippen LogP contribution in [-0.2, 0) is 9.59 Å². The highest BCUT2D eigenvalue weighted by molar-refractivity contribution is 5.96. The fraction of sp³-hybridized carbons (Fsp3) is 0.385. The molecule has 104 valence electrons. The second kappa shape index (κ2) is 6.75. The number of anilines is 2. The van der Waals surface area contributed by atoms with Crippen LogP contribution in [0.1, 0.15) is 5.56 Å². The van der Waals surface area contributed by atoms with Crippen LogP contribution in [0.4, 0.5) is 11.4 Å². The van der Waals surface area contributed by atoms with Crippen molar-refractivity contribution in [2.45, 2.75) is 6.92 Å². The molecule has 0 aliphatic rings. The first-order valence-electron chi connectivity index (χ1n) is 5.98. The number of rotatable bonds is 5. The normalized spacial score (nSPS) is 10.3. The lowest BCUT2D eigenvalue weighted by atomic mass is 10.1. The Bertz CT molecular complexity index is 453. The molecule has 0 saturated heterocycles. The standard InChI is InChI=1S/C13H20N4O2/c1-9-5-4-6-10(14)13(9)16-12(19)8-17(3)7-11(18)15-2/h4-6H,7-8,14H2,1-3H3,(H,15,18)(H,16,19). The molecule has 19 heavy (non-hydrogen) atoms. The Labute approximate surface area is 113 Å². The van der Waals surface area contributed by atoms with Gasteiger partial charge < -0.3 is 16.4 Å². The van der Waals surface area contributed by atoms with E-state index in [2.05, 4.69) is 10.6 Å². The Morgan fingerprint density at radius 3 is 2.47 bits per heavy atom. The summed E-state index contributed by atoms with van der Waals surface area (Å²) in [7, 11) is 3.26. The first-order valence-corrected chi connectivity index (χ1v) is 5.98. The summed E-state index contributed by atoms with van der Waals surface area (Å²) in [6, 6.07) is 5.44. The minimum Gasteiger partial charge on any atom is -0.397 e. The van der Waals surface area contributed by atoms with Crippen LogP contribution in [0.3, 0.4) is 0 Å². The number of nitrogen functional groups attached to an aromatic ring is 1. The highest BCUT2D eigenvalue weighted by Crippen LogP contribution is 2.22. The van der Waals surface area contributed by atoms with E-state index in [0.29, 0.717) is 11.4 Å². The fourth-order valence-electron chi connectivity index (χ4n) is 1.67. The maximum Gasteiger partial charge on any atom is 0.238 e. The predicted molar refractivity (Wildman–Crippen MR) is 75.8 cm³/mol. The number of para-hydroxylation sites is 1. The molecule has 0 aliphatic carbocycles. The lowest BCUT2D eigenvalue weighted by molar-refractivity contribution is -0.122. The third-order valence-corrected chi connectivity index (χ3v) is 2.68. The number of amides is 2. The maximum absolute atomic E-state index is 11.9. The average Bonchev–Trinajstić information content (AvgIpc) is 2.33. The zero-order valence-corrected chi connectivity index (χ0v) is 11.5. The highest BCUT2D eigenvalue weighted by Gasteiger charge is 2.12. The Hall–Kier alpha value is -2.08. The van der Waals surface area contributed by atoms with Crippen molar-refractivity contribution < 1.29 is 9.59 Å². The molecule has 0 unspecified atom stereocenters. The van der Waals surface area contributed by atoms with E-state index < -0.39 is 0 Å². The van der Waals surface area contributed by atoms with E-state index in [0.717, 1.165) is 5.56 Å². The Kier molecular flexibility index (Phi) is 5.32. The Morgan fingerprint density at radius 1 is 1.26 bits per heavy atom. The molecule has 0 spiro atoms. The summed E-state index contributed by atoms with van der Waals surface area (Å²) in [5.74, 6) is -0.335. The molecule has 0 aromatic heterocycles. The van der Waals surface area contributed by atoms with Crippen LogP contribution in [0, 0.1) is 6.92 Å². The minimum atomic E-state index is -0.201. The molecular formula is C13H20N4O2. The third-order valence-electron chi connectivity index (χ3n) is 2.68. The van der Waals surface area contributed by atoms with Gasteiger partial charge in [0.25, 0.3) is 0 Å². The molecule has 4 N–H and O–H groups in total. The van der Waals surface area contributed by atoms with Crippen LogP contribution in [0.25, 0.3) is 0 Å². The molecule has 0 atom stereocenters. The molecule has 0 bridgehead atoms. The average molecular weight is 264 g/mol. The van der Waals surface area contributed by atoms with E-state index in [1.165, 1.54) is 0 Å². The summed E-state index contributed by atoms with van der Waals surface area (Å²) in [5, 5.41) is 5.27. The molecular weight excluding hydrogens is 244 g/mol. The molecule has 1 aromatic carbocycles. The molecule has 1 aromatic rings. The lowest BCUT2D eigenvalue weighted by Crippen LogP contribution is -2.37. The Balaban J connectivity index is 2.58. The van der Waals surface area contributed by atoms with Gasteiger partial charge in [0.05, 0.1) is 24.5 Å². The number of aryl methyl sites for hydroxylation is 1. The van der Waals surface area contributed by atoms with Crippen LogP contribution >= 0.6 is 0 Å². The van der Waals surface area contributed by atoms with Gasteiger partial charge in [0, 0.05) is 7.05 Å². The van der Waals surface area contributed by atoms with Gasteiger partial charge in [-0.2, -0.15) is 0 Å². The number of hydrogen-bond donors (Lipinski definition) is 3. The molecule has 0 fully saturated rings. The predicted octanol–water partition coefficient (Wildman–Crippen LogP) is 0.194. The van der Waals surface area contributed by atoms with Crippen molar-refractivity contribution in [2.75, 3.05) is 38.2 Å². The molecule has 0 radical (unpaired) electrons. The van der Waals surface area contributed by atoms with Gasteiger partial charge in [0.15, 0.2) is 0 Å². The quantitative estimate of drug-likeness (QED) is 0.663. The fourth-order valence-corrected chi connectivity index (χ4v) is 1.67. The zero-order valence-electron chi connectivity index (χ0n) is 11.5. The number of carbonyl (C=O) groups is 2. The minimum absolute atomic E-state index is 0.126. The summed E-state index contributed by atoms with van der Waals surface area (Å²) in [5.41, 5.74) is 7.87. The van der Waals surface area contributed by atoms with E-state index in [4.69, 9.17) is 5.73 Å². The summed E-state index contributed by atoms with van der Waals surface area (Å²) in [4.78, 5) is 24.7. The van der Waals surface area contributed by atoms with E-state index in [-0.39, 0.29) is 24.9 Å². The van der Waals surface area contributed by atoms with Crippen molar-refractivity contribution in [1.82, 2.24) is 10.2 Å². The van der Waals surface area contributed by atoms with Crippen LogP contribution in [0.15, 0.2) is 18.2 Å². The number of nitrogens with zero attached hydrogens (tertiary/aromatic N) is 1. The zero-order chi connectivity index (χ0) is 14.4. The van der Waals surface area contributed by atoms with Crippen LogP contribution < -0.4 is 16.4 Å². The van der Waals surface area contributed by atoms with E-state index in [9.17, 15) is 9.59 Å². The molecule has 0 aliphatic heterocycles. The highest BCUT2D eigenvalue weighted by atomic mass is 16.2. The van der Waals surface area contributed by atoms with Crippen LogP contribution in [-0.4, -0.2) is 43.9 Å². The van der Waals surface area contributed by atoms with Gasteiger partial charge in [-0.3, -0.25) is 14.5 Å². The monoisotopic (exact) mass is 264 g/mol. The van der Waals surface area contributed by atoms with Crippen molar-refractivity contribution in [2.24, 2.45) is 0 Å². The maximum atomic E-state index is 11.9. The summed E-state index contributed by atoms with van der Waals surface area (Å²) >= 11 is 0. The van der Waals surface area contributed by atoms with E-state index >= 15 is 0 Å². The first-order chi connectivity index (χ1) is 8.93. The van der Waals surface area contributed by atoms with Gasteiger partial charge in [-0.25, -0.2) is 0 Å². The SMILES string of the molecule is CNC(=O)CN(C)CC(=O)Nc1c(C)cccc1N. The second-order valence-electron chi connectivity index (χ2n) is 4.43. The smallest absolute Gasteiger partial charge is 0.238 e. The summed E-state index contributed by atoms with van der Waals surface area (Å²) < 4.78 is 0. The molecule has 6 heteroatoms. The third kappa shape index (κ3) is 4.59. The topological polar surface area (TPSA) is 87.5 Å². The van der Waals surface area contributed by atoms with Crippen molar-refractivity contribution in [3.8, 4) is 0 Å². The van der Waals surface area contributed by atoms with Gasteiger partial charge in [-0.1, -0.05) is 12.1 Å². The van der Waals surface area contributed by atoms with Crippen molar-refractivity contribution in [3.05, 3.63) is 23.8 Å². The summed E-state index contributed by atoms with van der Waals surface area (Å²) in [6.07, 6.45) is 0. The number of carbonyl (C=O) groups excluding carboxylic acids is 2. The first kappa shape index (κ1) is 15.0. The van der Waals surface area contributed by atoms with Gasteiger partial charge in [0.1, 0.15) is 0 Å². The molecule has 2 amide bonds. The number of likely N-dealkylation sites (N-methyl/N-ethyl adjacent to an activating group) is 2. The van der Waals surface area contributed by atoms with Gasteiger partial charge >= 0.3 is 0 Å². The Morgan fingerprint density at radius 2 is 1.89 bits per heavy atom. The van der Waals surface area contributed by atoms with E-state index in [1.54, 1.807) is 25.1 Å². The van der Waals surface area contributed by atoms with Crippen molar-refractivity contribution in [3.63, 3.8) is 0 Å². The second-order valence-corrected chi connectivity index (χ2v) is 4.43. The number of benzene rings is 1. The van der Waals surface area contributed by atoms with Crippen molar-refractivity contribution in [1.29, 1.82) is 0 Å². The molecule has 0 saturated carbocycles. The number of hydrogen-bond acceptors (Lipinski definition) is 4. The van der Waals surface area contributed by atoms with Gasteiger partial charge in [0.2, 0.25) is 11.8 Å². The van der Waals surface area contributed by atoms with Crippen LogP contribution in [0.2, 0.25) is 0 Å². The summed E-state index contributed by atoms with van der Waals surface area (Å²) in [6.45, 7) is 2.18. The molecule has 0 heterocycles.